The van der Waals surface area contributed by atoms with Gasteiger partial charge in [0.05, 0.1) is 25.3 Å². The van der Waals surface area contributed by atoms with Crippen molar-refractivity contribution < 1.29 is 14.3 Å². The van der Waals surface area contributed by atoms with E-state index in [-0.39, 0.29) is 24.4 Å². The summed E-state index contributed by atoms with van der Waals surface area (Å²) in [7, 11) is 1.55. The van der Waals surface area contributed by atoms with Crippen molar-refractivity contribution in [3.63, 3.8) is 0 Å². The largest absolute Gasteiger partial charge is 0.495 e. The molecule has 1 saturated heterocycles. The first-order valence-corrected chi connectivity index (χ1v) is 12.3. The minimum absolute atomic E-state index is 0.0890. The van der Waals surface area contributed by atoms with Gasteiger partial charge in [-0.15, -0.1) is 0 Å². The first kappa shape index (κ1) is 25.0. The fourth-order valence-electron chi connectivity index (χ4n) is 4.42. The van der Waals surface area contributed by atoms with E-state index in [2.05, 4.69) is 54.0 Å². The highest BCUT2D eigenvalue weighted by Gasteiger charge is 2.26. The lowest BCUT2D eigenvalue weighted by atomic mass is 10.1. The summed E-state index contributed by atoms with van der Waals surface area (Å²) >= 11 is 0. The van der Waals surface area contributed by atoms with Gasteiger partial charge in [-0.2, -0.15) is 0 Å². The van der Waals surface area contributed by atoms with Crippen molar-refractivity contribution in [2.24, 2.45) is 0 Å². The molecule has 2 N–H and O–H groups in total. The third-order valence-electron chi connectivity index (χ3n) is 6.47. The molecule has 6 heteroatoms. The molecule has 4 rings (SSSR count). The van der Waals surface area contributed by atoms with Crippen molar-refractivity contribution in [2.45, 2.75) is 39.2 Å². The number of methoxy groups -OCH3 is 1. The van der Waals surface area contributed by atoms with E-state index >= 15 is 0 Å². The Morgan fingerprint density at radius 2 is 1.75 bits per heavy atom. The van der Waals surface area contributed by atoms with E-state index in [0.717, 1.165) is 41.8 Å². The summed E-state index contributed by atoms with van der Waals surface area (Å²) in [4.78, 5) is 27.6. The van der Waals surface area contributed by atoms with E-state index in [4.69, 9.17) is 4.74 Å². The summed E-state index contributed by atoms with van der Waals surface area (Å²) in [6.07, 6.45) is 6.48. The summed E-state index contributed by atoms with van der Waals surface area (Å²) in [6.45, 7) is 4.77. The normalized spacial score (nSPS) is 15.2. The molecule has 3 aromatic carbocycles. The molecule has 6 nitrogen and oxygen atoms in total. The van der Waals surface area contributed by atoms with Crippen LogP contribution in [-0.4, -0.2) is 36.5 Å². The maximum absolute atomic E-state index is 13.2. The van der Waals surface area contributed by atoms with Crippen molar-refractivity contribution in [1.82, 2.24) is 4.90 Å². The van der Waals surface area contributed by atoms with Crippen LogP contribution in [0.2, 0.25) is 0 Å². The van der Waals surface area contributed by atoms with Crippen LogP contribution in [0.5, 0.6) is 5.75 Å². The van der Waals surface area contributed by atoms with Crippen molar-refractivity contribution in [2.75, 3.05) is 24.3 Å². The number of hydrogen-bond acceptors (Lipinski definition) is 3. The zero-order valence-electron chi connectivity index (χ0n) is 21.1. The second-order valence-electron chi connectivity index (χ2n) is 9.17. The maximum atomic E-state index is 13.2. The Labute approximate surface area is 213 Å². The molecule has 1 aliphatic rings. The van der Waals surface area contributed by atoms with Crippen LogP contribution in [-0.2, 0) is 11.2 Å². The van der Waals surface area contributed by atoms with E-state index in [1.165, 1.54) is 5.56 Å². The lowest BCUT2D eigenvalue weighted by molar-refractivity contribution is -0.130. The van der Waals surface area contributed by atoms with Gasteiger partial charge in [0.25, 0.3) is 0 Å². The van der Waals surface area contributed by atoms with E-state index in [0.29, 0.717) is 11.4 Å². The zero-order valence-corrected chi connectivity index (χ0v) is 21.1. The summed E-state index contributed by atoms with van der Waals surface area (Å²) in [5, 5.41) is 5.69. The molecule has 0 aromatic heterocycles. The first-order valence-electron chi connectivity index (χ1n) is 12.3. The van der Waals surface area contributed by atoms with Crippen molar-refractivity contribution in [3.8, 4) is 5.75 Å². The average molecular weight is 484 g/mol. The monoisotopic (exact) mass is 483 g/mol. The number of rotatable bonds is 7. The van der Waals surface area contributed by atoms with Gasteiger partial charge in [-0.05, 0) is 61.6 Å². The molecule has 186 valence electrons. The molecule has 36 heavy (non-hydrogen) atoms. The molecule has 0 spiro atoms. The topological polar surface area (TPSA) is 70.7 Å². The van der Waals surface area contributed by atoms with Crippen LogP contribution in [0.15, 0.2) is 72.8 Å². The van der Waals surface area contributed by atoms with Gasteiger partial charge in [-0.25, -0.2) is 4.79 Å². The van der Waals surface area contributed by atoms with Crippen LogP contribution in [0.4, 0.5) is 16.2 Å². The average Bonchev–Trinajstić information content (AvgIpc) is 3.35. The molecule has 1 fully saturated rings. The molecular formula is C30H33N3O3. The number of para-hydroxylation sites is 1. The zero-order chi connectivity index (χ0) is 25.5. The number of anilines is 2. The number of urea groups is 1. The second kappa shape index (κ2) is 11.6. The lowest BCUT2D eigenvalue weighted by Gasteiger charge is -2.22. The minimum atomic E-state index is -0.355. The number of ether oxygens (including phenoxy) is 1. The van der Waals surface area contributed by atoms with Crippen molar-refractivity contribution >= 4 is 29.4 Å². The smallest absolute Gasteiger partial charge is 0.323 e. The Morgan fingerprint density at radius 1 is 1.00 bits per heavy atom. The van der Waals surface area contributed by atoms with Crippen molar-refractivity contribution in [1.29, 1.82) is 0 Å². The highest BCUT2D eigenvalue weighted by atomic mass is 16.5. The minimum Gasteiger partial charge on any atom is -0.495 e. The molecule has 0 bridgehead atoms. The van der Waals surface area contributed by atoms with Crippen LogP contribution in [0.25, 0.3) is 6.08 Å². The number of carbonyl (C=O) groups excluding carboxylic acids is 2. The van der Waals surface area contributed by atoms with Gasteiger partial charge in [0.15, 0.2) is 0 Å². The van der Waals surface area contributed by atoms with Gasteiger partial charge in [0.1, 0.15) is 5.75 Å². The molecule has 1 unspecified atom stereocenters. The molecule has 0 radical (unpaired) electrons. The van der Waals surface area contributed by atoms with Gasteiger partial charge >= 0.3 is 6.03 Å². The Kier molecular flexibility index (Phi) is 8.06. The summed E-state index contributed by atoms with van der Waals surface area (Å²) in [5.41, 5.74) is 5.47. The molecular weight excluding hydrogens is 450 g/mol. The quantitative estimate of drug-likeness (QED) is 0.420. The van der Waals surface area contributed by atoms with Crippen LogP contribution < -0.4 is 15.4 Å². The van der Waals surface area contributed by atoms with Gasteiger partial charge in [-0.3, -0.25) is 4.79 Å². The molecule has 0 saturated carbocycles. The number of benzene rings is 3. The van der Waals surface area contributed by atoms with Crippen LogP contribution in [0.3, 0.4) is 0 Å². The van der Waals surface area contributed by atoms with Crippen LogP contribution >= 0.6 is 0 Å². The summed E-state index contributed by atoms with van der Waals surface area (Å²) in [5.74, 6) is 0.601. The molecule has 1 heterocycles. The van der Waals surface area contributed by atoms with Gasteiger partial charge in [-0.1, -0.05) is 66.2 Å². The molecule has 1 atom stereocenters. The fraction of sp³-hybridized carbons (Fsp3) is 0.267. The van der Waals surface area contributed by atoms with Gasteiger partial charge in [0.2, 0.25) is 5.91 Å². The number of hydrogen-bond donors (Lipinski definition) is 2. The predicted molar refractivity (Wildman–Crippen MR) is 145 cm³/mol. The SMILES string of the molecule is COc1cc(CC(=O)N2CCCC2/C=C/c2ccc(C)cc2)ccc1NC(=O)Nc1ccccc1C. The summed E-state index contributed by atoms with van der Waals surface area (Å²) < 4.78 is 5.51. The molecule has 1 aliphatic heterocycles. The molecule has 3 amide bonds. The Balaban J connectivity index is 1.39. The highest BCUT2D eigenvalue weighted by molar-refractivity contribution is 6.01. The predicted octanol–water partition coefficient (Wildman–Crippen LogP) is 6.20. The highest BCUT2D eigenvalue weighted by Crippen LogP contribution is 2.27. The second-order valence-corrected chi connectivity index (χ2v) is 9.17. The third kappa shape index (κ3) is 6.33. The fourth-order valence-corrected chi connectivity index (χ4v) is 4.42. The Morgan fingerprint density at radius 3 is 2.50 bits per heavy atom. The Hall–Kier alpha value is -4.06. The summed E-state index contributed by atoms with van der Waals surface area (Å²) in [6, 6.07) is 21.1. The van der Waals surface area contributed by atoms with E-state index in [1.807, 2.05) is 48.2 Å². The number of amides is 3. The van der Waals surface area contributed by atoms with Crippen molar-refractivity contribution in [3.05, 3.63) is 95.1 Å². The lowest BCUT2D eigenvalue weighted by Crippen LogP contribution is -2.35. The maximum Gasteiger partial charge on any atom is 0.323 e. The number of carbonyl (C=O) groups is 2. The van der Waals surface area contributed by atoms with Crippen LogP contribution in [0.1, 0.15) is 35.1 Å². The number of likely N-dealkylation sites (tertiary alicyclic amines) is 1. The van der Waals surface area contributed by atoms with E-state index in [1.54, 1.807) is 13.2 Å². The van der Waals surface area contributed by atoms with E-state index < -0.39 is 0 Å². The van der Waals surface area contributed by atoms with Gasteiger partial charge < -0.3 is 20.3 Å². The number of nitrogens with one attached hydrogen (secondary N) is 2. The Bertz CT molecular complexity index is 1250. The number of nitrogens with zero attached hydrogens (tertiary/aromatic N) is 1. The first-order chi connectivity index (χ1) is 17.4. The van der Waals surface area contributed by atoms with E-state index in [9.17, 15) is 9.59 Å². The van der Waals surface area contributed by atoms with Gasteiger partial charge in [0, 0.05) is 12.2 Å². The molecule has 0 aliphatic carbocycles. The van der Waals surface area contributed by atoms with Crippen LogP contribution in [0, 0.1) is 13.8 Å². The number of aryl methyl sites for hydroxylation is 2. The molecule has 3 aromatic rings. The third-order valence-corrected chi connectivity index (χ3v) is 6.47. The standard InChI is InChI=1S/C30H33N3O3/c1-21-10-12-23(13-11-21)14-16-25-8-6-18-33(25)29(34)20-24-15-17-27(28(19-24)36-3)32-30(35)31-26-9-5-4-7-22(26)2/h4-5,7,9-17,19,25H,6,8,18,20H2,1-3H3,(H2,31,32,35)/b16-14+.